The summed E-state index contributed by atoms with van der Waals surface area (Å²) >= 11 is 0. The van der Waals surface area contributed by atoms with Gasteiger partial charge in [-0.3, -0.25) is 5.10 Å². The highest BCUT2D eigenvalue weighted by molar-refractivity contribution is 5.73. The summed E-state index contributed by atoms with van der Waals surface area (Å²) in [5, 5.41) is 12.6. The molecule has 1 saturated carbocycles. The number of benzene rings is 1. The van der Waals surface area contributed by atoms with E-state index in [1.807, 2.05) is 6.07 Å². The van der Waals surface area contributed by atoms with Crippen LogP contribution in [0.25, 0.3) is 11.6 Å². The van der Waals surface area contributed by atoms with Gasteiger partial charge in [-0.15, -0.1) is 5.10 Å². The number of amides is 2. The summed E-state index contributed by atoms with van der Waals surface area (Å²) < 4.78 is 5.23. The number of urea groups is 1. The van der Waals surface area contributed by atoms with Gasteiger partial charge >= 0.3 is 6.03 Å². The van der Waals surface area contributed by atoms with Crippen molar-refractivity contribution in [3.05, 3.63) is 60.1 Å². The van der Waals surface area contributed by atoms with Crippen molar-refractivity contribution in [2.45, 2.75) is 18.9 Å². The van der Waals surface area contributed by atoms with Crippen molar-refractivity contribution in [2.75, 3.05) is 6.54 Å². The van der Waals surface area contributed by atoms with Crippen LogP contribution in [0.5, 0.6) is 0 Å². The monoisotopic (exact) mass is 337 g/mol. The molecular formula is C18H19N5O2. The van der Waals surface area contributed by atoms with Gasteiger partial charge in [0.2, 0.25) is 5.82 Å². The Balaban J connectivity index is 1.20. The van der Waals surface area contributed by atoms with E-state index in [0.29, 0.717) is 35.8 Å². The van der Waals surface area contributed by atoms with Gasteiger partial charge in [-0.05, 0) is 36.0 Å². The third kappa shape index (κ3) is 3.71. The lowest BCUT2D eigenvalue weighted by Gasteiger charge is -2.06. The molecule has 0 saturated heterocycles. The molecule has 2 heterocycles. The Morgan fingerprint density at radius 1 is 1.20 bits per heavy atom. The minimum Gasteiger partial charge on any atom is -0.461 e. The molecule has 1 fully saturated rings. The Morgan fingerprint density at radius 3 is 2.88 bits per heavy atom. The van der Waals surface area contributed by atoms with E-state index in [9.17, 15) is 4.79 Å². The molecule has 0 spiro atoms. The lowest BCUT2D eigenvalue weighted by molar-refractivity contribution is 0.239. The Bertz CT molecular complexity index is 828. The van der Waals surface area contributed by atoms with E-state index in [-0.39, 0.29) is 12.6 Å². The Labute approximate surface area is 144 Å². The van der Waals surface area contributed by atoms with Crippen molar-refractivity contribution in [1.82, 2.24) is 25.8 Å². The summed E-state index contributed by atoms with van der Waals surface area (Å²) in [7, 11) is 0. The first-order valence-corrected chi connectivity index (χ1v) is 8.31. The van der Waals surface area contributed by atoms with Crippen molar-refractivity contribution >= 4 is 6.03 Å². The van der Waals surface area contributed by atoms with Crippen molar-refractivity contribution in [3.8, 4) is 11.6 Å². The van der Waals surface area contributed by atoms with Crippen LogP contribution in [0.2, 0.25) is 0 Å². The maximum atomic E-state index is 11.9. The first-order chi connectivity index (χ1) is 12.3. The average molecular weight is 337 g/mol. The van der Waals surface area contributed by atoms with E-state index in [4.69, 9.17) is 4.42 Å². The number of carbonyl (C=O) groups excluding carboxylic acids is 1. The minimum atomic E-state index is -0.199. The lowest BCUT2D eigenvalue weighted by Crippen LogP contribution is -2.36. The highest BCUT2D eigenvalue weighted by Gasteiger charge is 2.37. The Morgan fingerprint density at radius 2 is 2.08 bits per heavy atom. The highest BCUT2D eigenvalue weighted by atomic mass is 16.3. The van der Waals surface area contributed by atoms with Crippen molar-refractivity contribution < 1.29 is 9.21 Å². The molecule has 3 N–H and O–H groups in total. The van der Waals surface area contributed by atoms with Gasteiger partial charge in [-0.1, -0.05) is 30.3 Å². The van der Waals surface area contributed by atoms with Gasteiger partial charge in [-0.25, -0.2) is 9.78 Å². The topological polar surface area (TPSA) is 95.8 Å². The molecule has 7 heteroatoms. The molecule has 1 aromatic carbocycles. The fourth-order valence-corrected chi connectivity index (χ4v) is 2.92. The van der Waals surface area contributed by atoms with E-state index in [0.717, 1.165) is 6.42 Å². The molecule has 2 aromatic heterocycles. The summed E-state index contributed by atoms with van der Waals surface area (Å²) in [4.78, 5) is 16.2. The van der Waals surface area contributed by atoms with Crippen molar-refractivity contribution in [1.29, 1.82) is 0 Å². The largest absolute Gasteiger partial charge is 0.461 e. The Hall–Kier alpha value is -3.09. The summed E-state index contributed by atoms with van der Waals surface area (Å²) in [6.45, 7) is 0.964. The third-order valence-corrected chi connectivity index (χ3v) is 4.36. The van der Waals surface area contributed by atoms with E-state index in [1.165, 1.54) is 5.56 Å². The normalized spacial score (nSPS) is 18.7. The molecule has 3 aromatic rings. The lowest BCUT2D eigenvalue weighted by atomic mass is 10.1. The van der Waals surface area contributed by atoms with E-state index in [1.54, 1.807) is 18.4 Å². The van der Waals surface area contributed by atoms with Crippen LogP contribution in [0.3, 0.4) is 0 Å². The van der Waals surface area contributed by atoms with Crippen LogP contribution in [-0.4, -0.2) is 27.8 Å². The van der Waals surface area contributed by atoms with Gasteiger partial charge in [0.15, 0.2) is 5.76 Å². The SMILES string of the molecule is O=C(NCc1nc(-c2ccco2)n[nH]1)NC[C@H]1C[C@@H]1c1ccccc1. The summed E-state index contributed by atoms with van der Waals surface area (Å²) in [5.74, 6) is 2.73. The second kappa shape index (κ2) is 6.80. The van der Waals surface area contributed by atoms with Crippen LogP contribution < -0.4 is 10.6 Å². The number of nitrogens with zero attached hydrogens (tertiary/aromatic N) is 2. The molecule has 1 aliphatic carbocycles. The van der Waals surface area contributed by atoms with Crippen LogP contribution >= 0.6 is 0 Å². The number of aromatic amines is 1. The predicted molar refractivity (Wildman–Crippen MR) is 91.6 cm³/mol. The van der Waals surface area contributed by atoms with Gasteiger partial charge in [0.1, 0.15) is 5.82 Å². The predicted octanol–water partition coefficient (Wildman–Crippen LogP) is 2.67. The fraction of sp³-hybridized carbons (Fsp3) is 0.278. The summed E-state index contributed by atoms with van der Waals surface area (Å²) in [6, 6.07) is 13.8. The first kappa shape index (κ1) is 15.4. The van der Waals surface area contributed by atoms with E-state index >= 15 is 0 Å². The smallest absolute Gasteiger partial charge is 0.315 e. The number of furan rings is 1. The average Bonchev–Trinajstić information content (AvgIpc) is 3.02. The van der Waals surface area contributed by atoms with Gasteiger partial charge in [0.25, 0.3) is 0 Å². The van der Waals surface area contributed by atoms with Crippen LogP contribution in [0.15, 0.2) is 53.1 Å². The number of hydrogen-bond acceptors (Lipinski definition) is 4. The zero-order chi connectivity index (χ0) is 17.1. The summed E-state index contributed by atoms with van der Waals surface area (Å²) in [6.07, 6.45) is 2.69. The molecule has 128 valence electrons. The molecule has 4 rings (SSSR count). The van der Waals surface area contributed by atoms with Crippen molar-refractivity contribution in [2.24, 2.45) is 5.92 Å². The van der Waals surface area contributed by atoms with Gasteiger partial charge in [0.05, 0.1) is 12.8 Å². The van der Waals surface area contributed by atoms with Crippen molar-refractivity contribution in [3.63, 3.8) is 0 Å². The zero-order valence-electron chi connectivity index (χ0n) is 13.6. The fourth-order valence-electron chi connectivity index (χ4n) is 2.92. The van der Waals surface area contributed by atoms with Gasteiger partial charge in [0, 0.05) is 6.54 Å². The maximum absolute atomic E-state index is 11.9. The molecule has 7 nitrogen and oxygen atoms in total. The highest BCUT2D eigenvalue weighted by Crippen LogP contribution is 2.46. The number of hydrogen-bond donors (Lipinski definition) is 3. The second-order valence-electron chi connectivity index (χ2n) is 6.16. The zero-order valence-corrected chi connectivity index (χ0v) is 13.6. The van der Waals surface area contributed by atoms with Crippen LogP contribution in [-0.2, 0) is 6.54 Å². The number of nitrogens with one attached hydrogen (secondary N) is 3. The molecule has 0 radical (unpaired) electrons. The quantitative estimate of drug-likeness (QED) is 0.644. The molecule has 2 amide bonds. The molecule has 2 atom stereocenters. The van der Waals surface area contributed by atoms with Crippen LogP contribution in [0.4, 0.5) is 4.79 Å². The maximum Gasteiger partial charge on any atom is 0.315 e. The molecule has 0 bridgehead atoms. The third-order valence-electron chi connectivity index (χ3n) is 4.36. The molecule has 0 unspecified atom stereocenters. The number of carbonyl (C=O) groups is 1. The summed E-state index contributed by atoms with van der Waals surface area (Å²) in [5.41, 5.74) is 1.35. The van der Waals surface area contributed by atoms with Gasteiger partial charge < -0.3 is 15.1 Å². The first-order valence-electron chi connectivity index (χ1n) is 8.31. The van der Waals surface area contributed by atoms with E-state index in [2.05, 4.69) is 50.1 Å². The second-order valence-corrected chi connectivity index (χ2v) is 6.16. The molecule has 25 heavy (non-hydrogen) atoms. The number of rotatable bonds is 6. The number of H-pyrrole nitrogens is 1. The van der Waals surface area contributed by atoms with E-state index < -0.39 is 0 Å². The minimum absolute atomic E-state index is 0.199. The van der Waals surface area contributed by atoms with Crippen LogP contribution in [0.1, 0.15) is 23.7 Å². The molecule has 1 aliphatic rings. The van der Waals surface area contributed by atoms with Gasteiger partial charge in [-0.2, -0.15) is 0 Å². The molecule has 0 aliphatic heterocycles. The Kier molecular flexibility index (Phi) is 4.20. The standard InChI is InChI=1S/C18H19N5O2/c24-18(19-10-13-9-14(13)12-5-2-1-3-6-12)20-11-16-21-17(23-22-16)15-7-4-8-25-15/h1-8,13-14H,9-11H2,(H2,19,20,24)(H,21,22,23)/t13-,14-/m1/s1. The molecular weight excluding hydrogens is 318 g/mol. The number of aromatic nitrogens is 3. The van der Waals surface area contributed by atoms with Crippen LogP contribution in [0, 0.1) is 5.92 Å².